The molecule has 0 amide bonds. The van der Waals surface area contributed by atoms with Gasteiger partial charge in [-0.1, -0.05) is 45.3 Å². The lowest BCUT2D eigenvalue weighted by molar-refractivity contribution is -0.159. The van der Waals surface area contributed by atoms with Gasteiger partial charge in [-0.25, -0.2) is 0 Å². The van der Waals surface area contributed by atoms with E-state index >= 15 is 0 Å². The van der Waals surface area contributed by atoms with E-state index < -0.39 is 16.8 Å². The molecule has 0 spiro atoms. The van der Waals surface area contributed by atoms with Crippen LogP contribution < -0.4 is 4.72 Å². The highest BCUT2D eigenvalue weighted by atomic mass is 32.2. The fraction of sp³-hybridized carbons (Fsp3) is 0.833. The Balaban J connectivity index is 2.99. The molecule has 4 nitrogen and oxygen atoms in total. The molecule has 1 N–H and O–H groups in total. The standard InChI is InChI=1S/C18H33NO3S/c1-6-8-12-18(16(20)22-14-7-2)13-10-9-11-15(18)19-23(21)17(3,4)5/h7,15,19H,2,6,8-14H2,1,3-5H3/t15-,18-,23?/m1/s1. The van der Waals surface area contributed by atoms with Crippen molar-refractivity contribution in [2.24, 2.45) is 5.41 Å². The Morgan fingerprint density at radius 2 is 2.17 bits per heavy atom. The summed E-state index contributed by atoms with van der Waals surface area (Å²) in [5.41, 5.74) is -0.557. The summed E-state index contributed by atoms with van der Waals surface area (Å²) in [7, 11) is 0. The Morgan fingerprint density at radius 3 is 2.74 bits per heavy atom. The monoisotopic (exact) mass is 343 g/mol. The highest BCUT2D eigenvalue weighted by Gasteiger charge is 2.50. The zero-order valence-corrected chi connectivity index (χ0v) is 16.0. The second-order valence-corrected chi connectivity index (χ2v) is 9.44. The fourth-order valence-corrected chi connectivity index (χ4v) is 4.09. The van der Waals surface area contributed by atoms with Crippen LogP contribution >= 0.6 is 0 Å². The van der Waals surface area contributed by atoms with Gasteiger partial charge in [0.2, 0.25) is 0 Å². The summed E-state index contributed by atoms with van der Waals surface area (Å²) in [4.78, 5) is 12.8. The molecule has 0 aromatic rings. The van der Waals surface area contributed by atoms with Gasteiger partial charge in [-0.2, -0.15) is 0 Å². The molecule has 0 saturated heterocycles. The summed E-state index contributed by atoms with van der Waals surface area (Å²) >= 11 is -1.19. The quantitative estimate of drug-likeness (QED) is 0.413. The van der Waals surface area contributed by atoms with E-state index in [-0.39, 0.29) is 23.4 Å². The fourth-order valence-electron chi connectivity index (χ4n) is 3.13. The van der Waals surface area contributed by atoms with E-state index in [0.717, 1.165) is 44.9 Å². The average molecular weight is 344 g/mol. The normalized spacial score (nSPS) is 26.6. The lowest BCUT2D eigenvalue weighted by atomic mass is 9.67. The number of rotatable bonds is 8. The van der Waals surface area contributed by atoms with Crippen LogP contribution in [0.25, 0.3) is 0 Å². The van der Waals surface area contributed by atoms with Crippen molar-refractivity contribution in [2.45, 2.75) is 83.4 Å². The van der Waals surface area contributed by atoms with E-state index in [1.54, 1.807) is 6.08 Å². The predicted octanol–water partition coefficient (Wildman–Crippen LogP) is 3.89. The third kappa shape index (κ3) is 5.50. The maximum absolute atomic E-state index is 12.8. The molecular formula is C18H33NO3S. The lowest BCUT2D eigenvalue weighted by Gasteiger charge is -2.43. The Bertz CT molecular complexity index is 394. The number of carbonyl (C=O) groups excluding carboxylic acids is 1. The molecule has 23 heavy (non-hydrogen) atoms. The van der Waals surface area contributed by atoms with Crippen LogP contribution in [0.2, 0.25) is 0 Å². The van der Waals surface area contributed by atoms with Gasteiger partial charge < -0.3 is 9.29 Å². The molecule has 0 heterocycles. The van der Waals surface area contributed by atoms with Gasteiger partial charge in [0.25, 0.3) is 0 Å². The van der Waals surface area contributed by atoms with Gasteiger partial charge in [-0.05, 0) is 40.0 Å². The second kappa shape index (κ2) is 9.09. The Morgan fingerprint density at radius 1 is 1.48 bits per heavy atom. The number of unbranched alkanes of at least 4 members (excludes halogenated alkanes) is 1. The minimum absolute atomic E-state index is 0.0832. The summed E-state index contributed by atoms with van der Waals surface area (Å²) < 4.78 is 20.9. The van der Waals surface area contributed by atoms with E-state index in [9.17, 15) is 9.35 Å². The highest BCUT2D eigenvalue weighted by molar-refractivity contribution is 7.90. The summed E-state index contributed by atoms with van der Waals surface area (Å²) in [5.74, 6) is -0.158. The summed E-state index contributed by atoms with van der Waals surface area (Å²) in [5, 5.41) is 0. The van der Waals surface area contributed by atoms with Crippen LogP contribution in [-0.2, 0) is 20.9 Å². The zero-order valence-electron chi connectivity index (χ0n) is 15.2. The van der Waals surface area contributed by atoms with Gasteiger partial charge in [0.15, 0.2) is 0 Å². The number of hydrogen-bond acceptors (Lipinski definition) is 4. The lowest BCUT2D eigenvalue weighted by Crippen LogP contribution is -2.56. The number of hydrogen-bond donors (Lipinski definition) is 1. The summed E-state index contributed by atoms with van der Waals surface area (Å²) in [6.45, 7) is 11.8. The molecule has 1 aliphatic carbocycles. The SMILES string of the molecule is C=CCOC(=O)[C@]1(CCCC)CCCC[C@H]1N[S+]([O-])C(C)(C)C. The van der Waals surface area contributed by atoms with Gasteiger partial charge in [0.05, 0.1) is 11.5 Å². The van der Waals surface area contributed by atoms with Crippen LogP contribution in [-0.4, -0.2) is 27.9 Å². The summed E-state index contributed by atoms with van der Waals surface area (Å²) in [6, 6.07) is -0.0832. The largest absolute Gasteiger partial charge is 0.598 e. The van der Waals surface area contributed by atoms with Gasteiger partial charge in [-0.3, -0.25) is 4.79 Å². The molecule has 0 bridgehead atoms. The van der Waals surface area contributed by atoms with Crippen LogP contribution in [0.15, 0.2) is 12.7 Å². The smallest absolute Gasteiger partial charge is 0.314 e. The van der Waals surface area contributed by atoms with Crippen molar-refractivity contribution < 1.29 is 14.1 Å². The Labute approximate surface area is 144 Å². The van der Waals surface area contributed by atoms with Crippen LogP contribution in [0.3, 0.4) is 0 Å². The van der Waals surface area contributed by atoms with Gasteiger partial charge in [0, 0.05) is 11.4 Å². The molecule has 1 rings (SSSR count). The number of esters is 1. The highest BCUT2D eigenvalue weighted by Crippen LogP contribution is 2.43. The topological polar surface area (TPSA) is 61.4 Å². The minimum Gasteiger partial charge on any atom is -0.598 e. The first-order valence-electron chi connectivity index (χ1n) is 8.74. The molecule has 0 radical (unpaired) electrons. The number of carbonyl (C=O) groups is 1. The molecule has 1 saturated carbocycles. The van der Waals surface area contributed by atoms with E-state index in [1.807, 2.05) is 20.8 Å². The molecule has 0 aliphatic heterocycles. The third-order valence-electron chi connectivity index (χ3n) is 4.55. The molecular weight excluding hydrogens is 310 g/mol. The van der Waals surface area contributed by atoms with Crippen molar-refractivity contribution in [1.29, 1.82) is 0 Å². The second-order valence-electron chi connectivity index (χ2n) is 7.44. The van der Waals surface area contributed by atoms with Crippen LogP contribution in [0, 0.1) is 5.41 Å². The van der Waals surface area contributed by atoms with Gasteiger partial charge >= 0.3 is 5.97 Å². The predicted molar refractivity (Wildman–Crippen MR) is 96.4 cm³/mol. The van der Waals surface area contributed by atoms with Crippen molar-refractivity contribution in [3.8, 4) is 0 Å². The first-order chi connectivity index (χ1) is 10.8. The third-order valence-corrected chi connectivity index (χ3v) is 6.16. The maximum Gasteiger partial charge on any atom is 0.314 e. The molecule has 3 atom stereocenters. The van der Waals surface area contributed by atoms with Gasteiger partial charge in [-0.15, -0.1) is 4.72 Å². The molecule has 0 aromatic carbocycles. The van der Waals surface area contributed by atoms with Crippen LogP contribution in [0.1, 0.15) is 72.6 Å². The Hall–Kier alpha value is -0.520. The van der Waals surface area contributed by atoms with Gasteiger partial charge in [0.1, 0.15) is 11.4 Å². The molecule has 1 unspecified atom stereocenters. The van der Waals surface area contributed by atoms with Crippen molar-refractivity contribution >= 4 is 17.3 Å². The molecule has 1 aliphatic rings. The molecule has 1 fully saturated rings. The van der Waals surface area contributed by atoms with Crippen molar-refractivity contribution in [2.75, 3.05) is 6.61 Å². The van der Waals surface area contributed by atoms with Crippen LogP contribution in [0.4, 0.5) is 0 Å². The zero-order chi connectivity index (χ0) is 17.5. The first kappa shape index (κ1) is 20.5. The van der Waals surface area contributed by atoms with Crippen molar-refractivity contribution in [1.82, 2.24) is 4.72 Å². The Kier molecular flexibility index (Phi) is 8.11. The number of ether oxygens (including phenoxy) is 1. The molecule has 0 aromatic heterocycles. The van der Waals surface area contributed by atoms with E-state index in [1.165, 1.54) is 0 Å². The first-order valence-corrected chi connectivity index (χ1v) is 9.89. The summed E-state index contributed by atoms with van der Waals surface area (Å²) in [6.07, 6.45) is 8.16. The van der Waals surface area contributed by atoms with E-state index in [4.69, 9.17) is 4.74 Å². The molecule has 5 heteroatoms. The number of nitrogens with one attached hydrogen (secondary N) is 1. The van der Waals surface area contributed by atoms with Crippen molar-refractivity contribution in [3.63, 3.8) is 0 Å². The maximum atomic E-state index is 12.8. The van der Waals surface area contributed by atoms with E-state index in [0.29, 0.717) is 0 Å². The van der Waals surface area contributed by atoms with Crippen LogP contribution in [0.5, 0.6) is 0 Å². The molecule has 134 valence electrons. The average Bonchev–Trinajstić information content (AvgIpc) is 2.50. The minimum atomic E-state index is -1.19. The van der Waals surface area contributed by atoms with Crippen molar-refractivity contribution in [3.05, 3.63) is 12.7 Å². The van der Waals surface area contributed by atoms with E-state index in [2.05, 4.69) is 18.2 Å².